The van der Waals surface area contributed by atoms with E-state index in [0.717, 1.165) is 15.4 Å². The summed E-state index contributed by atoms with van der Waals surface area (Å²) in [4.78, 5) is 29.8. The Balaban J connectivity index is 1.84. The minimum Gasteiger partial charge on any atom is -0.354 e. The van der Waals surface area contributed by atoms with Gasteiger partial charge in [-0.25, -0.2) is 8.42 Å². The van der Waals surface area contributed by atoms with Crippen LogP contribution in [-0.4, -0.2) is 44.3 Å². The van der Waals surface area contributed by atoms with Crippen molar-refractivity contribution in [1.82, 2.24) is 10.2 Å². The fraction of sp³-hybridized carbons (Fsp3) is 0.257. The molecule has 0 aliphatic rings. The summed E-state index contributed by atoms with van der Waals surface area (Å²) in [6, 6.07) is 23.8. The summed E-state index contributed by atoms with van der Waals surface area (Å²) in [5.41, 5.74) is 2.33. The number of sulfonamides is 1. The van der Waals surface area contributed by atoms with Crippen molar-refractivity contribution in [2.75, 3.05) is 17.4 Å². The van der Waals surface area contributed by atoms with E-state index in [-0.39, 0.29) is 45.4 Å². The number of nitrogens with zero attached hydrogens (tertiary/aromatic N) is 2. The Hall–Kier alpha value is -3.27. The maximum atomic E-state index is 14.6. The van der Waals surface area contributed by atoms with E-state index in [0.29, 0.717) is 22.2 Å². The number of halogens is 4. The number of carbonyl (C=O) groups excluding carboxylic acids is 2. The number of benzene rings is 4. The zero-order chi connectivity index (χ0) is 34.3. The van der Waals surface area contributed by atoms with Crippen molar-refractivity contribution in [3.05, 3.63) is 128 Å². The summed E-state index contributed by atoms with van der Waals surface area (Å²) in [7, 11) is -4.30. The topological polar surface area (TPSA) is 86.8 Å². The lowest BCUT2D eigenvalue weighted by atomic mass is 10.0. The van der Waals surface area contributed by atoms with Gasteiger partial charge in [0, 0.05) is 29.6 Å². The molecule has 0 fully saturated rings. The smallest absolute Gasteiger partial charge is 0.264 e. The third-order valence-electron chi connectivity index (χ3n) is 7.39. The summed E-state index contributed by atoms with van der Waals surface area (Å²) in [5.74, 6) is -0.877. The van der Waals surface area contributed by atoms with E-state index in [2.05, 4.69) is 5.32 Å². The van der Waals surface area contributed by atoms with Gasteiger partial charge in [-0.15, -0.1) is 0 Å². The van der Waals surface area contributed by atoms with Crippen molar-refractivity contribution in [2.24, 2.45) is 5.92 Å². The Bertz CT molecular complexity index is 1820. The van der Waals surface area contributed by atoms with E-state index >= 15 is 0 Å². The number of hydrogen-bond acceptors (Lipinski definition) is 4. The van der Waals surface area contributed by atoms with Crippen LogP contribution in [0.15, 0.2) is 95.9 Å². The van der Waals surface area contributed by atoms with Crippen LogP contribution in [-0.2, 0) is 32.6 Å². The van der Waals surface area contributed by atoms with Gasteiger partial charge in [-0.2, -0.15) is 0 Å². The van der Waals surface area contributed by atoms with E-state index in [9.17, 15) is 18.0 Å². The summed E-state index contributed by atoms with van der Waals surface area (Å²) in [5, 5.41) is 3.99. The van der Waals surface area contributed by atoms with Crippen LogP contribution in [0.3, 0.4) is 0 Å². The first-order valence-electron chi connectivity index (χ1n) is 14.9. The Morgan fingerprint density at radius 1 is 0.809 bits per heavy atom. The molecule has 0 radical (unpaired) electrons. The zero-order valence-electron chi connectivity index (χ0n) is 26.1. The first-order valence-corrected chi connectivity index (χ1v) is 17.8. The maximum Gasteiger partial charge on any atom is 0.264 e. The van der Waals surface area contributed by atoms with Crippen molar-refractivity contribution < 1.29 is 18.0 Å². The average molecular weight is 736 g/mol. The SMILES string of the molecule is Cc1ccc(S(=O)(=O)N(CC(=O)N(Cc2ccc(Cl)cc2Cl)C(Cc2ccccc2)C(=O)NCC(C)C)c2ccc(Cl)c(Cl)c2)cc1. The van der Waals surface area contributed by atoms with E-state index in [1.54, 1.807) is 30.3 Å². The largest absolute Gasteiger partial charge is 0.354 e. The summed E-state index contributed by atoms with van der Waals surface area (Å²) in [6.45, 7) is 5.41. The predicted octanol–water partition coefficient (Wildman–Crippen LogP) is 8.22. The van der Waals surface area contributed by atoms with Crippen molar-refractivity contribution in [3.63, 3.8) is 0 Å². The van der Waals surface area contributed by atoms with Crippen molar-refractivity contribution in [3.8, 4) is 0 Å². The average Bonchev–Trinajstić information content (AvgIpc) is 3.03. The molecule has 4 aromatic rings. The monoisotopic (exact) mass is 733 g/mol. The molecule has 0 aliphatic heterocycles. The standard InChI is InChI=1S/C35H35Cl4N3O4S/c1-23(2)20-40-35(44)33(17-25-7-5-4-6-8-25)41(21-26-11-12-27(36)18-31(26)38)34(43)22-42(28-13-16-30(37)32(39)19-28)47(45,46)29-14-9-24(3)10-15-29/h4-16,18-19,23,33H,17,20-22H2,1-3H3,(H,40,44). The lowest BCUT2D eigenvalue weighted by Gasteiger charge is -2.34. The molecule has 1 atom stereocenters. The molecule has 12 heteroatoms. The van der Waals surface area contributed by atoms with Crippen LogP contribution < -0.4 is 9.62 Å². The molecule has 0 heterocycles. The van der Waals surface area contributed by atoms with Crippen molar-refractivity contribution in [2.45, 2.75) is 44.7 Å². The van der Waals surface area contributed by atoms with Gasteiger partial charge in [0.15, 0.2) is 0 Å². The predicted molar refractivity (Wildman–Crippen MR) is 191 cm³/mol. The number of hydrogen-bond donors (Lipinski definition) is 1. The van der Waals surface area contributed by atoms with Gasteiger partial charge >= 0.3 is 0 Å². The molecule has 248 valence electrons. The van der Waals surface area contributed by atoms with Crippen LogP contribution in [0.5, 0.6) is 0 Å². The van der Waals surface area contributed by atoms with Crippen molar-refractivity contribution in [1.29, 1.82) is 0 Å². The number of aryl methyl sites for hydroxylation is 1. The highest BCUT2D eigenvalue weighted by Gasteiger charge is 2.35. The zero-order valence-corrected chi connectivity index (χ0v) is 29.9. The fourth-order valence-electron chi connectivity index (χ4n) is 4.82. The minimum atomic E-state index is -4.30. The lowest BCUT2D eigenvalue weighted by Crippen LogP contribution is -2.53. The van der Waals surface area contributed by atoms with Crippen LogP contribution >= 0.6 is 46.4 Å². The van der Waals surface area contributed by atoms with E-state index in [4.69, 9.17) is 46.4 Å². The van der Waals surface area contributed by atoms with Gasteiger partial charge in [0.1, 0.15) is 12.6 Å². The van der Waals surface area contributed by atoms with Crippen LogP contribution in [0.25, 0.3) is 0 Å². The molecule has 0 spiro atoms. The minimum absolute atomic E-state index is 0.0234. The summed E-state index contributed by atoms with van der Waals surface area (Å²) in [6.07, 6.45) is 0.166. The number of nitrogens with one attached hydrogen (secondary N) is 1. The van der Waals surface area contributed by atoms with Gasteiger partial charge in [-0.1, -0.05) is 114 Å². The number of amides is 2. The van der Waals surface area contributed by atoms with E-state index in [1.165, 1.54) is 35.2 Å². The molecule has 0 saturated carbocycles. The van der Waals surface area contributed by atoms with Gasteiger partial charge in [0.25, 0.3) is 10.0 Å². The number of carbonyl (C=O) groups is 2. The van der Waals surface area contributed by atoms with Gasteiger partial charge in [0.05, 0.1) is 20.6 Å². The van der Waals surface area contributed by atoms with Crippen LogP contribution in [0, 0.1) is 12.8 Å². The first kappa shape index (κ1) is 36.6. The molecule has 7 nitrogen and oxygen atoms in total. The third-order valence-corrected chi connectivity index (χ3v) is 10.5. The van der Waals surface area contributed by atoms with Gasteiger partial charge in [-0.05, 0) is 66.4 Å². The number of anilines is 1. The highest BCUT2D eigenvalue weighted by Crippen LogP contribution is 2.31. The van der Waals surface area contributed by atoms with E-state index in [1.807, 2.05) is 51.1 Å². The molecular formula is C35H35Cl4N3O4S. The number of rotatable bonds is 13. The second-order valence-electron chi connectivity index (χ2n) is 11.5. The fourth-order valence-corrected chi connectivity index (χ4v) is 6.98. The molecular weight excluding hydrogens is 700 g/mol. The first-order chi connectivity index (χ1) is 22.3. The molecule has 0 bridgehead atoms. The summed E-state index contributed by atoms with van der Waals surface area (Å²) < 4.78 is 29.3. The molecule has 0 saturated heterocycles. The Morgan fingerprint density at radius 2 is 1.49 bits per heavy atom. The maximum absolute atomic E-state index is 14.6. The normalized spacial score (nSPS) is 12.1. The highest BCUT2D eigenvalue weighted by molar-refractivity contribution is 7.92. The molecule has 0 aromatic heterocycles. The second kappa shape index (κ2) is 16.2. The Labute approximate surface area is 296 Å². The molecule has 1 N–H and O–H groups in total. The second-order valence-corrected chi connectivity index (χ2v) is 15.0. The molecule has 4 aromatic carbocycles. The lowest BCUT2D eigenvalue weighted by molar-refractivity contribution is -0.140. The third kappa shape index (κ3) is 9.64. The van der Waals surface area contributed by atoms with Gasteiger partial charge in [-0.3, -0.25) is 13.9 Å². The van der Waals surface area contributed by atoms with E-state index < -0.39 is 28.5 Å². The van der Waals surface area contributed by atoms with Crippen LogP contribution in [0.1, 0.15) is 30.5 Å². The quantitative estimate of drug-likeness (QED) is 0.150. The molecule has 1 unspecified atom stereocenters. The van der Waals surface area contributed by atoms with Crippen LogP contribution in [0.2, 0.25) is 20.1 Å². The van der Waals surface area contributed by atoms with Gasteiger partial charge in [0.2, 0.25) is 11.8 Å². The molecule has 4 rings (SSSR count). The van der Waals surface area contributed by atoms with Crippen LogP contribution in [0.4, 0.5) is 5.69 Å². The summed E-state index contributed by atoms with van der Waals surface area (Å²) >= 11 is 25.2. The molecule has 0 aliphatic carbocycles. The Morgan fingerprint density at radius 3 is 2.11 bits per heavy atom. The molecule has 47 heavy (non-hydrogen) atoms. The van der Waals surface area contributed by atoms with Crippen molar-refractivity contribution >= 4 is 73.9 Å². The van der Waals surface area contributed by atoms with Gasteiger partial charge < -0.3 is 10.2 Å². The Kier molecular flexibility index (Phi) is 12.6. The highest BCUT2D eigenvalue weighted by atomic mass is 35.5. The molecule has 2 amide bonds.